The van der Waals surface area contributed by atoms with Crippen molar-refractivity contribution in [3.05, 3.63) is 23.8 Å². The van der Waals surface area contributed by atoms with E-state index in [1.807, 2.05) is 12.1 Å². The van der Waals surface area contributed by atoms with Gasteiger partial charge in [0.1, 0.15) is 5.75 Å². The lowest BCUT2D eigenvalue weighted by Crippen LogP contribution is -2.35. The van der Waals surface area contributed by atoms with E-state index in [9.17, 15) is 4.79 Å². The number of benzene rings is 1. The van der Waals surface area contributed by atoms with Crippen molar-refractivity contribution in [3.8, 4) is 5.75 Å². The lowest BCUT2D eigenvalue weighted by molar-refractivity contribution is -0.121. The summed E-state index contributed by atoms with van der Waals surface area (Å²) < 4.78 is 5.33. The highest BCUT2D eigenvalue weighted by molar-refractivity contribution is 5.77. The summed E-state index contributed by atoms with van der Waals surface area (Å²) in [5.74, 6) is 0.779. The van der Waals surface area contributed by atoms with Crippen molar-refractivity contribution in [2.24, 2.45) is 0 Å². The Morgan fingerprint density at radius 1 is 1.47 bits per heavy atom. The average Bonchev–Trinajstić information content (AvgIpc) is 2.40. The molecule has 1 rings (SSSR count). The number of nitrogen functional groups attached to an aromatic ring is 1. The van der Waals surface area contributed by atoms with Crippen LogP contribution in [0, 0.1) is 0 Å². The first kappa shape index (κ1) is 15.3. The van der Waals surface area contributed by atoms with E-state index in [4.69, 9.17) is 10.5 Å². The molecule has 0 aromatic heterocycles. The smallest absolute Gasteiger partial charge is 0.233 e. The third-order valence-corrected chi connectivity index (χ3v) is 2.89. The number of likely N-dealkylation sites (N-methyl/N-ethyl adjacent to an activating group) is 1. The van der Waals surface area contributed by atoms with Crippen molar-refractivity contribution in [1.29, 1.82) is 0 Å². The number of nitrogens with zero attached hydrogens (tertiary/aromatic N) is 1. The number of anilines is 1. The molecule has 1 aromatic carbocycles. The number of nitrogens with one attached hydrogen (secondary N) is 1. The van der Waals surface area contributed by atoms with Gasteiger partial charge in [-0.2, -0.15) is 0 Å². The zero-order valence-corrected chi connectivity index (χ0v) is 11.9. The van der Waals surface area contributed by atoms with Gasteiger partial charge in [0.15, 0.2) is 0 Å². The summed E-state index contributed by atoms with van der Waals surface area (Å²) in [5, 5.41) is 2.65. The lowest BCUT2D eigenvalue weighted by atomic mass is 10.1. The van der Waals surface area contributed by atoms with E-state index >= 15 is 0 Å². The molecule has 0 aliphatic heterocycles. The molecule has 0 heterocycles. The third-order valence-electron chi connectivity index (χ3n) is 2.89. The minimum Gasteiger partial charge on any atom is -0.496 e. The topological polar surface area (TPSA) is 67.6 Å². The molecule has 19 heavy (non-hydrogen) atoms. The largest absolute Gasteiger partial charge is 0.496 e. The van der Waals surface area contributed by atoms with Gasteiger partial charge in [-0.3, -0.25) is 9.69 Å². The predicted molar refractivity (Wildman–Crippen MR) is 77.0 cm³/mol. The van der Waals surface area contributed by atoms with Gasteiger partial charge in [0.05, 0.1) is 13.7 Å². The van der Waals surface area contributed by atoms with Crippen molar-refractivity contribution in [2.75, 3.05) is 33.0 Å². The van der Waals surface area contributed by atoms with Crippen molar-refractivity contribution in [3.63, 3.8) is 0 Å². The van der Waals surface area contributed by atoms with Gasteiger partial charge in [-0.15, -0.1) is 0 Å². The molecular formula is C14H23N3O2. The lowest BCUT2D eigenvalue weighted by Gasteiger charge is -2.22. The van der Waals surface area contributed by atoms with E-state index < -0.39 is 0 Å². The first-order chi connectivity index (χ1) is 9.10. The van der Waals surface area contributed by atoms with Crippen LogP contribution >= 0.6 is 0 Å². The highest BCUT2D eigenvalue weighted by Crippen LogP contribution is 2.22. The van der Waals surface area contributed by atoms with Gasteiger partial charge in [0.25, 0.3) is 0 Å². The number of amides is 1. The van der Waals surface area contributed by atoms with E-state index in [0.29, 0.717) is 18.8 Å². The normalized spacial score (nSPS) is 10.5. The minimum absolute atomic E-state index is 0.0165. The van der Waals surface area contributed by atoms with Crippen molar-refractivity contribution < 1.29 is 9.53 Å². The zero-order chi connectivity index (χ0) is 14.3. The molecule has 1 aromatic rings. The van der Waals surface area contributed by atoms with Gasteiger partial charge in [-0.05, 0) is 19.0 Å². The molecule has 3 N–H and O–H groups in total. The summed E-state index contributed by atoms with van der Waals surface area (Å²) in [6.07, 6.45) is 0.994. The number of carbonyl (C=O) groups excluding carboxylic acids is 1. The summed E-state index contributed by atoms with van der Waals surface area (Å²) in [5.41, 5.74) is 7.45. The van der Waals surface area contributed by atoms with E-state index in [1.165, 1.54) is 0 Å². The average molecular weight is 265 g/mol. The zero-order valence-electron chi connectivity index (χ0n) is 11.9. The molecule has 5 nitrogen and oxygen atoms in total. The molecule has 106 valence electrons. The molecule has 0 saturated heterocycles. The standard InChI is InChI=1S/C14H23N3O2/c1-4-7-17(10-14(18)16-2)9-11-5-6-12(15)8-13(11)19-3/h5-6,8H,4,7,9-10,15H2,1-3H3,(H,16,18). The van der Waals surface area contributed by atoms with Crippen molar-refractivity contribution in [2.45, 2.75) is 19.9 Å². The van der Waals surface area contributed by atoms with Crippen LogP contribution in [0.4, 0.5) is 5.69 Å². The SMILES string of the molecule is CCCN(CC(=O)NC)Cc1ccc(N)cc1OC. The Balaban J connectivity index is 2.80. The van der Waals surface area contributed by atoms with Gasteiger partial charge >= 0.3 is 0 Å². The van der Waals surface area contributed by atoms with Crippen LogP contribution in [-0.2, 0) is 11.3 Å². The van der Waals surface area contributed by atoms with E-state index in [0.717, 1.165) is 24.3 Å². The third kappa shape index (κ3) is 4.79. The maximum atomic E-state index is 11.5. The molecule has 0 atom stereocenters. The molecular weight excluding hydrogens is 242 g/mol. The number of nitrogens with two attached hydrogens (primary N) is 1. The highest BCUT2D eigenvalue weighted by atomic mass is 16.5. The van der Waals surface area contributed by atoms with Gasteiger partial charge in [-0.25, -0.2) is 0 Å². The Kier molecular flexibility index (Phi) is 6.15. The number of hydrogen-bond acceptors (Lipinski definition) is 4. The molecule has 0 unspecified atom stereocenters. The Labute approximate surface area is 114 Å². The fourth-order valence-corrected chi connectivity index (χ4v) is 1.95. The monoisotopic (exact) mass is 265 g/mol. The fourth-order valence-electron chi connectivity index (χ4n) is 1.95. The number of methoxy groups -OCH3 is 1. The molecule has 0 fully saturated rings. The molecule has 0 aliphatic rings. The van der Waals surface area contributed by atoms with Gasteiger partial charge in [-0.1, -0.05) is 13.0 Å². The molecule has 5 heteroatoms. The van der Waals surface area contributed by atoms with Crippen LogP contribution < -0.4 is 15.8 Å². The minimum atomic E-state index is 0.0165. The molecule has 0 bridgehead atoms. The van der Waals surface area contributed by atoms with Gasteiger partial charge < -0.3 is 15.8 Å². The van der Waals surface area contributed by atoms with E-state index in [-0.39, 0.29) is 5.91 Å². The molecule has 1 amide bonds. The first-order valence-corrected chi connectivity index (χ1v) is 6.46. The number of carbonyl (C=O) groups is 1. The Morgan fingerprint density at radius 3 is 2.79 bits per heavy atom. The Hall–Kier alpha value is -1.75. The molecule has 0 aliphatic carbocycles. The second-order valence-electron chi connectivity index (χ2n) is 4.46. The predicted octanol–water partition coefficient (Wildman–Crippen LogP) is 1.24. The summed E-state index contributed by atoms with van der Waals surface area (Å²) in [6, 6.07) is 5.60. The van der Waals surface area contributed by atoms with Crippen LogP contribution in [0.2, 0.25) is 0 Å². The van der Waals surface area contributed by atoms with Crippen LogP contribution in [0.1, 0.15) is 18.9 Å². The molecule has 0 radical (unpaired) electrons. The van der Waals surface area contributed by atoms with Crippen molar-refractivity contribution >= 4 is 11.6 Å². The van der Waals surface area contributed by atoms with E-state index in [2.05, 4.69) is 17.1 Å². The maximum Gasteiger partial charge on any atom is 0.233 e. The number of rotatable bonds is 7. The summed E-state index contributed by atoms with van der Waals surface area (Å²) in [4.78, 5) is 13.6. The quantitative estimate of drug-likeness (QED) is 0.728. The number of hydrogen-bond donors (Lipinski definition) is 2. The van der Waals surface area contributed by atoms with Crippen molar-refractivity contribution in [1.82, 2.24) is 10.2 Å². The number of ether oxygens (including phenoxy) is 1. The second kappa shape index (κ2) is 7.63. The summed E-state index contributed by atoms with van der Waals surface area (Å²) in [7, 11) is 3.28. The molecule has 0 spiro atoms. The van der Waals surface area contributed by atoms with Crippen LogP contribution in [0.5, 0.6) is 5.75 Å². The van der Waals surface area contributed by atoms with Crippen LogP contribution in [0.15, 0.2) is 18.2 Å². The van der Waals surface area contributed by atoms with E-state index in [1.54, 1.807) is 20.2 Å². The Bertz CT molecular complexity index is 421. The first-order valence-electron chi connectivity index (χ1n) is 6.46. The van der Waals surface area contributed by atoms with Gasteiger partial charge in [0.2, 0.25) is 5.91 Å². The van der Waals surface area contributed by atoms with Crippen LogP contribution in [-0.4, -0.2) is 38.1 Å². The van der Waals surface area contributed by atoms with Crippen LogP contribution in [0.25, 0.3) is 0 Å². The second-order valence-corrected chi connectivity index (χ2v) is 4.46. The highest BCUT2D eigenvalue weighted by Gasteiger charge is 2.12. The van der Waals surface area contributed by atoms with Gasteiger partial charge in [0, 0.05) is 30.9 Å². The maximum absolute atomic E-state index is 11.5. The summed E-state index contributed by atoms with van der Waals surface area (Å²) in [6.45, 7) is 4.01. The summed E-state index contributed by atoms with van der Waals surface area (Å²) >= 11 is 0. The Morgan fingerprint density at radius 2 is 2.21 bits per heavy atom. The fraction of sp³-hybridized carbons (Fsp3) is 0.500. The molecule has 0 saturated carbocycles. The van der Waals surface area contributed by atoms with Crippen LogP contribution in [0.3, 0.4) is 0 Å².